The smallest absolute Gasteiger partial charge is 0.270 e. The van der Waals surface area contributed by atoms with E-state index in [-0.39, 0.29) is 28.7 Å². The molecule has 2 aromatic rings. The summed E-state index contributed by atoms with van der Waals surface area (Å²) in [5.74, 6) is 0.528. The zero-order valence-electron chi connectivity index (χ0n) is 18.7. The largest absolute Gasteiger partial charge is 0.383 e. The van der Waals surface area contributed by atoms with E-state index in [9.17, 15) is 13.4 Å². The number of hydrogen-bond donors (Lipinski definition) is 2. The first-order valence-electron chi connectivity index (χ1n) is 10.7. The van der Waals surface area contributed by atoms with Crippen LogP contribution in [0, 0.1) is 14.8 Å². The Labute approximate surface area is 203 Å². The number of piperidine rings is 1. The number of aromatic nitrogens is 2. The van der Waals surface area contributed by atoms with Gasteiger partial charge in [0.2, 0.25) is 5.95 Å². The third kappa shape index (κ3) is 4.09. The summed E-state index contributed by atoms with van der Waals surface area (Å²) in [5.41, 5.74) is 7.64. The van der Waals surface area contributed by atoms with Gasteiger partial charge in [0.05, 0.1) is 21.8 Å². The van der Waals surface area contributed by atoms with Gasteiger partial charge < -0.3 is 10.6 Å². The van der Waals surface area contributed by atoms with Crippen LogP contribution in [0.5, 0.6) is 0 Å². The number of nitrogens with zero attached hydrogens (tertiary/aromatic N) is 3. The highest BCUT2D eigenvalue weighted by molar-refractivity contribution is 14.1. The highest BCUT2D eigenvalue weighted by Crippen LogP contribution is 2.52. The van der Waals surface area contributed by atoms with E-state index in [1.54, 1.807) is 17.7 Å². The minimum Gasteiger partial charge on any atom is -0.383 e. The Morgan fingerprint density at radius 1 is 1.31 bits per heavy atom. The number of rotatable bonds is 3. The number of hydrogen-bond acceptors (Lipinski definition) is 5. The van der Waals surface area contributed by atoms with Crippen molar-refractivity contribution < 1.29 is 8.60 Å². The Morgan fingerprint density at radius 2 is 1.97 bits per heavy atom. The lowest BCUT2D eigenvalue weighted by Crippen LogP contribution is -2.49. The van der Waals surface area contributed by atoms with Gasteiger partial charge in [0.15, 0.2) is 0 Å². The fraction of sp³-hybridized carbons (Fsp3) is 0.545. The highest BCUT2D eigenvalue weighted by atomic mass is 127. The number of nitrogen functional groups attached to an aromatic ring is 1. The molecule has 174 valence electrons. The van der Waals surface area contributed by atoms with Crippen LogP contribution >= 0.6 is 22.6 Å². The van der Waals surface area contributed by atoms with E-state index in [0.717, 1.165) is 30.4 Å². The van der Waals surface area contributed by atoms with E-state index >= 15 is 0 Å². The Kier molecular flexibility index (Phi) is 6.17. The van der Waals surface area contributed by atoms with Crippen LogP contribution in [0.3, 0.4) is 0 Å². The zero-order valence-corrected chi connectivity index (χ0v) is 21.7. The van der Waals surface area contributed by atoms with E-state index in [4.69, 9.17) is 5.73 Å². The van der Waals surface area contributed by atoms with Crippen LogP contribution in [0.4, 0.5) is 16.2 Å². The number of benzene rings is 1. The Morgan fingerprint density at radius 3 is 2.59 bits per heavy atom. The molecule has 0 bridgehead atoms. The monoisotopic (exact) mass is 573 g/mol. The Bertz CT molecular complexity index is 1140. The molecule has 10 heteroatoms. The summed E-state index contributed by atoms with van der Waals surface area (Å²) >= 11 is 1.92. The van der Waals surface area contributed by atoms with Crippen LogP contribution in [0.2, 0.25) is 0 Å². The van der Waals surface area contributed by atoms with Gasteiger partial charge in [0.1, 0.15) is 15.2 Å². The van der Waals surface area contributed by atoms with Gasteiger partial charge in [0, 0.05) is 20.1 Å². The first-order chi connectivity index (χ1) is 14.9. The van der Waals surface area contributed by atoms with E-state index in [1.165, 1.54) is 6.07 Å². The van der Waals surface area contributed by atoms with Crippen LogP contribution in [-0.2, 0) is 24.5 Å². The molecule has 1 aromatic heterocycles. The lowest BCUT2D eigenvalue weighted by molar-refractivity contribution is 0.176. The van der Waals surface area contributed by atoms with E-state index in [2.05, 4.69) is 14.6 Å². The second-order valence-corrected chi connectivity index (χ2v) is 12.9. The van der Waals surface area contributed by atoms with Crippen LogP contribution in [-0.4, -0.2) is 31.6 Å². The fourth-order valence-corrected chi connectivity index (χ4v) is 6.19. The molecular formula is C22H29FIN5O2S. The summed E-state index contributed by atoms with van der Waals surface area (Å²) in [6, 6.07) is 4.73. The third-order valence-corrected chi connectivity index (χ3v) is 9.21. The highest BCUT2D eigenvalue weighted by Gasteiger charge is 2.49. The third-order valence-electron chi connectivity index (χ3n) is 6.63. The summed E-state index contributed by atoms with van der Waals surface area (Å²) in [5, 5.41) is 0. The second kappa shape index (κ2) is 8.35. The summed E-state index contributed by atoms with van der Waals surface area (Å²) in [6.07, 6.45) is 2.39. The first-order valence-corrected chi connectivity index (χ1v) is 12.9. The molecule has 0 radical (unpaired) electrons. The maximum absolute atomic E-state index is 14.1. The van der Waals surface area contributed by atoms with Crippen molar-refractivity contribution in [3.05, 3.63) is 49.1 Å². The van der Waals surface area contributed by atoms with Gasteiger partial charge in [-0.3, -0.25) is 9.36 Å². The molecule has 3 N–H and O–H groups in total. The van der Waals surface area contributed by atoms with Crippen LogP contribution in [0.25, 0.3) is 0 Å². The minimum absolute atomic E-state index is 0.155. The standard InChI is InChI=1S/C22H29FIN5O2S/c1-21(2,3)32(31)27-17-15-11-14(23)6-5-13(15)12-22(17)7-9-29(10-8-22)20-26-18(25)16(24)19(30)28(20)4/h5-6,11,17,27H,7-10,12,25H2,1-4H3/t17-,32?/m1/s1. The van der Waals surface area contributed by atoms with Crippen LogP contribution in [0.1, 0.15) is 50.8 Å². The van der Waals surface area contributed by atoms with Gasteiger partial charge in [-0.05, 0) is 91.3 Å². The number of nitrogens with one attached hydrogen (secondary N) is 1. The van der Waals surface area contributed by atoms with Crippen molar-refractivity contribution in [2.75, 3.05) is 23.7 Å². The Hall–Kier alpha value is -1.53. The number of fused-ring (bicyclic) bond motifs is 1. The molecule has 1 fully saturated rings. The van der Waals surface area contributed by atoms with Crippen molar-refractivity contribution in [3.63, 3.8) is 0 Å². The summed E-state index contributed by atoms with van der Waals surface area (Å²) in [4.78, 5) is 19.0. The summed E-state index contributed by atoms with van der Waals surface area (Å²) < 4.78 is 32.0. The molecule has 32 heavy (non-hydrogen) atoms. The van der Waals surface area contributed by atoms with Gasteiger partial charge in [0.25, 0.3) is 5.56 Å². The molecule has 0 amide bonds. The molecule has 1 spiro atoms. The molecule has 0 saturated carbocycles. The average molecular weight is 573 g/mol. The van der Waals surface area contributed by atoms with Crippen molar-refractivity contribution in [1.82, 2.24) is 14.3 Å². The predicted octanol–water partition coefficient (Wildman–Crippen LogP) is 3.04. The van der Waals surface area contributed by atoms with E-state index in [0.29, 0.717) is 22.6 Å². The van der Waals surface area contributed by atoms with Gasteiger partial charge in [-0.2, -0.15) is 4.98 Å². The minimum atomic E-state index is -1.29. The van der Waals surface area contributed by atoms with Crippen molar-refractivity contribution in [3.8, 4) is 0 Å². The number of nitrogens with two attached hydrogens (primary N) is 1. The molecule has 2 heterocycles. The molecule has 1 unspecified atom stereocenters. The summed E-state index contributed by atoms with van der Waals surface area (Å²) in [7, 11) is 0.423. The van der Waals surface area contributed by atoms with Crippen molar-refractivity contribution in [1.29, 1.82) is 0 Å². The van der Waals surface area contributed by atoms with Crippen molar-refractivity contribution in [2.24, 2.45) is 12.5 Å². The molecular weight excluding hydrogens is 544 g/mol. The predicted molar refractivity (Wildman–Crippen MR) is 134 cm³/mol. The maximum Gasteiger partial charge on any atom is 0.270 e. The van der Waals surface area contributed by atoms with Crippen molar-refractivity contribution >= 4 is 45.3 Å². The number of anilines is 2. The normalized spacial score (nSPS) is 21.1. The summed E-state index contributed by atoms with van der Waals surface area (Å²) in [6.45, 7) is 7.15. The molecule has 2 atom stereocenters. The van der Waals surface area contributed by atoms with Gasteiger partial charge in [-0.1, -0.05) is 6.07 Å². The lowest BCUT2D eigenvalue weighted by atomic mass is 9.73. The van der Waals surface area contributed by atoms with Gasteiger partial charge >= 0.3 is 0 Å². The topological polar surface area (TPSA) is 93.2 Å². The molecule has 1 saturated heterocycles. The van der Waals surface area contributed by atoms with Crippen LogP contribution in [0.15, 0.2) is 23.0 Å². The molecule has 1 aliphatic carbocycles. The van der Waals surface area contributed by atoms with Crippen molar-refractivity contribution in [2.45, 2.75) is 50.8 Å². The Balaban J connectivity index is 1.64. The average Bonchev–Trinajstić information content (AvgIpc) is 3.01. The van der Waals surface area contributed by atoms with Crippen LogP contribution < -0.4 is 20.9 Å². The first kappa shape index (κ1) is 23.6. The van der Waals surface area contributed by atoms with Gasteiger partial charge in [-0.25, -0.2) is 13.3 Å². The van der Waals surface area contributed by atoms with E-state index in [1.807, 2.05) is 49.4 Å². The quantitative estimate of drug-likeness (QED) is 0.551. The molecule has 2 aliphatic rings. The molecule has 7 nitrogen and oxygen atoms in total. The molecule has 4 rings (SSSR count). The SMILES string of the molecule is Cn1c(N2CCC3(CC2)Cc2ccc(F)cc2[C@H]3NS(=O)C(C)(C)C)nc(N)c(I)c1=O. The molecule has 1 aliphatic heterocycles. The molecule has 1 aromatic carbocycles. The number of halogens is 2. The second-order valence-electron chi connectivity index (χ2n) is 9.78. The van der Waals surface area contributed by atoms with E-state index < -0.39 is 15.7 Å². The maximum atomic E-state index is 14.1. The van der Waals surface area contributed by atoms with Gasteiger partial charge in [-0.15, -0.1) is 0 Å². The lowest BCUT2D eigenvalue weighted by Gasteiger charge is -2.44. The zero-order chi connectivity index (χ0) is 23.4. The fourth-order valence-electron chi connectivity index (χ4n) is 4.76.